The van der Waals surface area contributed by atoms with Crippen molar-refractivity contribution in [2.45, 2.75) is 70.4 Å². The molecule has 1 aliphatic rings. The lowest BCUT2D eigenvalue weighted by molar-refractivity contribution is -0.144. The van der Waals surface area contributed by atoms with Crippen LogP contribution in [0.2, 0.25) is 0 Å². The highest BCUT2D eigenvalue weighted by atomic mass is 16.4. The van der Waals surface area contributed by atoms with Gasteiger partial charge in [-0.05, 0) is 32.1 Å². The number of hydrogen-bond acceptors (Lipinski definition) is 3. The van der Waals surface area contributed by atoms with Crippen LogP contribution in [0.3, 0.4) is 0 Å². The van der Waals surface area contributed by atoms with Gasteiger partial charge in [-0.15, -0.1) is 0 Å². The van der Waals surface area contributed by atoms with Crippen LogP contribution in [0.25, 0.3) is 0 Å². The first-order valence-corrected chi connectivity index (χ1v) is 7.21. The van der Waals surface area contributed by atoms with Gasteiger partial charge < -0.3 is 16.2 Å². The molecule has 1 saturated carbocycles. The standard InChI is InChI=1S/C14H26N2O3/c1-3-9-14(2,15)13(19)16-11(12(17)18)10-7-5-4-6-8-10/h10-11H,3-9,15H2,1-2H3,(H,16,19)(H,17,18). The zero-order chi connectivity index (χ0) is 14.5. The van der Waals surface area contributed by atoms with Crippen molar-refractivity contribution < 1.29 is 14.7 Å². The van der Waals surface area contributed by atoms with E-state index in [4.69, 9.17) is 5.73 Å². The van der Waals surface area contributed by atoms with Crippen LogP contribution in [0.4, 0.5) is 0 Å². The number of carbonyl (C=O) groups is 2. The molecule has 1 aliphatic carbocycles. The number of hydrogen-bond donors (Lipinski definition) is 3. The van der Waals surface area contributed by atoms with E-state index in [-0.39, 0.29) is 11.8 Å². The number of aliphatic carboxylic acids is 1. The SMILES string of the molecule is CCCC(C)(N)C(=O)NC(C(=O)O)C1CCCCC1. The first-order valence-electron chi connectivity index (χ1n) is 7.21. The van der Waals surface area contributed by atoms with Crippen LogP contribution in [0.1, 0.15) is 58.8 Å². The molecule has 0 aromatic carbocycles. The molecule has 0 radical (unpaired) electrons. The summed E-state index contributed by atoms with van der Waals surface area (Å²) in [5, 5.41) is 12.0. The summed E-state index contributed by atoms with van der Waals surface area (Å²) >= 11 is 0. The van der Waals surface area contributed by atoms with Crippen LogP contribution in [0.15, 0.2) is 0 Å². The van der Waals surface area contributed by atoms with Gasteiger partial charge in [-0.2, -0.15) is 0 Å². The summed E-state index contributed by atoms with van der Waals surface area (Å²) in [6.45, 7) is 3.61. The fourth-order valence-corrected chi connectivity index (χ4v) is 2.79. The fourth-order valence-electron chi connectivity index (χ4n) is 2.79. The average molecular weight is 270 g/mol. The van der Waals surface area contributed by atoms with E-state index in [1.807, 2.05) is 6.92 Å². The van der Waals surface area contributed by atoms with Gasteiger partial charge in [0.15, 0.2) is 0 Å². The molecule has 19 heavy (non-hydrogen) atoms. The summed E-state index contributed by atoms with van der Waals surface area (Å²) in [6, 6.07) is -0.799. The molecule has 1 amide bonds. The number of carboxylic acid groups (broad SMARTS) is 1. The van der Waals surface area contributed by atoms with E-state index in [2.05, 4.69) is 5.32 Å². The van der Waals surface area contributed by atoms with Gasteiger partial charge in [-0.25, -0.2) is 4.79 Å². The van der Waals surface area contributed by atoms with Gasteiger partial charge in [0.2, 0.25) is 5.91 Å². The van der Waals surface area contributed by atoms with Crippen LogP contribution < -0.4 is 11.1 Å². The molecule has 0 bridgehead atoms. The minimum Gasteiger partial charge on any atom is -0.480 e. The number of carbonyl (C=O) groups excluding carboxylic acids is 1. The van der Waals surface area contributed by atoms with Crippen molar-refractivity contribution in [1.82, 2.24) is 5.32 Å². The molecular weight excluding hydrogens is 244 g/mol. The zero-order valence-electron chi connectivity index (χ0n) is 11.9. The lowest BCUT2D eigenvalue weighted by atomic mass is 9.83. The molecule has 2 unspecified atom stereocenters. The molecule has 2 atom stereocenters. The fraction of sp³-hybridized carbons (Fsp3) is 0.857. The Morgan fingerprint density at radius 2 is 1.95 bits per heavy atom. The van der Waals surface area contributed by atoms with Gasteiger partial charge in [-0.1, -0.05) is 32.6 Å². The highest BCUT2D eigenvalue weighted by Gasteiger charge is 2.35. The quantitative estimate of drug-likeness (QED) is 0.684. The molecular formula is C14H26N2O3. The molecule has 4 N–H and O–H groups in total. The van der Waals surface area contributed by atoms with Crippen LogP contribution in [0.5, 0.6) is 0 Å². The van der Waals surface area contributed by atoms with Crippen LogP contribution in [0, 0.1) is 5.92 Å². The van der Waals surface area contributed by atoms with Crippen molar-refractivity contribution in [2.24, 2.45) is 11.7 Å². The molecule has 0 aromatic heterocycles. The normalized spacial score (nSPS) is 21.4. The predicted octanol–water partition coefficient (Wildman–Crippen LogP) is 1.65. The minimum atomic E-state index is -0.989. The van der Waals surface area contributed by atoms with Crippen LogP contribution in [-0.4, -0.2) is 28.6 Å². The van der Waals surface area contributed by atoms with E-state index in [1.54, 1.807) is 6.92 Å². The van der Waals surface area contributed by atoms with E-state index in [0.29, 0.717) is 6.42 Å². The number of amides is 1. The Bertz CT molecular complexity index is 323. The maximum atomic E-state index is 12.1. The lowest BCUT2D eigenvalue weighted by Crippen LogP contribution is -2.57. The molecule has 0 heterocycles. The Kier molecular flexibility index (Phi) is 5.79. The molecule has 0 aliphatic heterocycles. The lowest BCUT2D eigenvalue weighted by Gasteiger charge is -2.31. The Balaban J connectivity index is 2.67. The predicted molar refractivity (Wildman–Crippen MR) is 73.6 cm³/mol. The molecule has 1 fully saturated rings. The van der Waals surface area contributed by atoms with Crippen LogP contribution in [-0.2, 0) is 9.59 Å². The Morgan fingerprint density at radius 1 is 1.37 bits per heavy atom. The van der Waals surface area contributed by atoms with Crippen molar-refractivity contribution in [2.75, 3.05) is 0 Å². The smallest absolute Gasteiger partial charge is 0.326 e. The van der Waals surface area contributed by atoms with Gasteiger partial charge in [0.05, 0.1) is 5.54 Å². The molecule has 5 heteroatoms. The molecule has 1 rings (SSSR count). The molecule has 0 spiro atoms. The largest absolute Gasteiger partial charge is 0.480 e. The number of nitrogens with two attached hydrogens (primary N) is 1. The summed E-state index contributed by atoms with van der Waals surface area (Å²) in [6.07, 6.45) is 6.32. The van der Waals surface area contributed by atoms with Gasteiger partial charge in [-0.3, -0.25) is 4.79 Å². The van der Waals surface area contributed by atoms with Gasteiger partial charge in [0.1, 0.15) is 6.04 Å². The van der Waals surface area contributed by atoms with E-state index in [9.17, 15) is 14.7 Å². The monoisotopic (exact) mass is 270 g/mol. The highest BCUT2D eigenvalue weighted by Crippen LogP contribution is 2.27. The third-order valence-corrected chi connectivity index (χ3v) is 3.96. The maximum absolute atomic E-state index is 12.1. The van der Waals surface area contributed by atoms with E-state index >= 15 is 0 Å². The first-order chi connectivity index (χ1) is 8.88. The van der Waals surface area contributed by atoms with Crippen molar-refractivity contribution in [1.29, 1.82) is 0 Å². The van der Waals surface area contributed by atoms with E-state index in [0.717, 1.165) is 38.5 Å². The topological polar surface area (TPSA) is 92.4 Å². The summed E-state index contributed by atoms with van der Waals surface area (Å²) in [4.78, 5) is 23.5. The van der Waals surface area contributed by atoms with Crippen molar-refractivity contribution in [3.05, 3.63) is 0 Å². The zero-order valence-corrected chi connectivity index (χ0v) is 11.9. The van der Waals surface area contributed by atoms with Gasteiger partial charge in [0.25, 0.3) is 0 Å². The summed E-state index contributed by atoms with van der Waals surface area (Å²) in [7, 11) is 0. The van der Waals surface area contributed by atoms with Crippen molar-refractivity contribution in [3.8, 4) is 0 Å². The second kappa shape index (κ2) is 6.89. The Morgan fingerprint density at radius 3 is 2.42 bits per heavy atom. The second-order valence-corrected chi connectivity index (χ2v) is 5.85. The molecule has 5 nitrogen and oxygen atoms in total. The summed E-state index contributed by atoms with van der Waals surface area (Å²) in [5.41, 5.74) is 4.95. The van der Waals surface area contributed by atoms with Crippen molar-refractivity contribution >= 4 is 11.9 Å². The molecule has 0 aromatic rings. The highest BCUT2D eigenvalue weighted by molar-refractivity contribution is 5.89. The number of nitrogens with one attached hydrogen (secondary N) is 1. The third-order valence-electron chi connectivity index (χ3n) is 3.96. The number of carboxylic acids is 1. The summed E-state index contributed by atoms with van der Waals surface area (Å²) in [5.74, 6) is -1.27. The van der Waals surface area contributed by atoms with Crippen LogP contribution >= 0.6 is 0 Å². The Labute approximate surface area is 114 Å². The van der Waals surface area contributed by atoms with E-state index < -0.39 is 17.6 Å². The van der Waals surface area contributed by atoms with Gasteiger partial charge >= 0.3 is 5.97 Å². The maximum Gasteiger partial charge on any atom is 0.326 e. The van der Waals surface area contributed by atoms with Gasteiger partial charge in [0, 0.05) is 0 Å². The number of rotatable bonds is 6. The molecule has 110 valence electrons. The second-order valence-electron chi connectivity index (χ2n) is 5.85. The average Bonchev–Trinajstić information content (AvgIpc) is 2.36. The Hall–Kier alpha value is -1.10. The third kappa shape index (κ3) is 4.49. The summed E-state index contributed by atoms with van der Waals surface area (Å²) < 4.78 is 0. The molecule has 0 saturated heterocycles. The van der Waals surface area contributed by atoms with E-state index in [1.165, 1.54) is 0 Å². The van der Waals surface area contributed by atoms with Crippen molar-refractivity contribution in [3.63, 3.8) is 0 Å². The minimum absolute atomic E-state index is 0.0348. The first kappa shape index (κ1) is 16.0.